The molecule has 2 saturated carbocycles. The van der Waals surface area contributed by atoms with Gasteiger partial charge in [-0.05, 0) is 25.2 Å². The second-order valence-electron chi connectivity index (χ2n) is 6.14. The quantitative estimate of drug-likeness (QED) is 0.727. The molecular weight excluding hydrogens is 218 g/mol. The molecule has 4 heteroatoms. The second-order valence-corrected chi connectivity index (χ2v) is 6.14. The number of rotatable bonds is 2. The normalized spacial score (nSPS) is 45.1. The molecule has 1 saturated heterocycles. The van der Waals surface area contributed by atoms with Crippen LogP contribution in [-0.2, 0) is 9.59 Å². The minimum absolute atomic E-state index is 0.0490. The Morgan fingerprint density at radius 3 is 2.59 bits per heavy atom. The lowest BCUT2D eigenvalue weighted by molar-refractivity contribution is -0.147. The molecule has 3 fully saturated rings. The van der Waals surface area contributed by atoms with E-state index in [0.717, 1.165) is 19.3 Å². The van der Waals surface area contributed by atoms with Crippen molar-refractivity contribution in [2.75, 3.05) is 6.54 Å². The molecule has 2 amide bonds. The van der Waals surface area contributed by atoms with Crippen LogP contribution >= 0.6 is 0 Å². The lowest BCUT2D eigenvalue weighted by Crippen LogP contribution is -2.48. The van der Waals surface area contributed by atoms with Crippen LogP contribution in [0.1, 0.15) is 39.0 Å². The van der Waals surface area contributed by atoms with Crippen LogP contribution in [0.2, 0.25) is 0 Å². The van der Waals surface area contributed by atoms with E-state index in [2.05, 4.69) is 6.92 Å². The van der Waals surface area contributed by atoms with Gasteiger partial charge in [-0.3, -0.25) is 14.5 Å². The summed E-state index contributed by atoms with van der Waals surface area (Å²) in [5.74, 6) is 0.286. The molecule has 0 aromatic heterocycles. The van der Waals surface area contributed by atoms with Crippen LogP contribution < -0.4 is 0 Å². The fourth-order valence-corrected chi connectivity index (χ4v) is 3.48. The lowest BCUT2D eigenvalue weighted by Gasteiger charge is -2.38. The van der Waals surface area contributed by atoms with Crippen molar-refractivity contribution < 1.29 is 14.7 Å². The molecule has 0 aromatic carbocycles. The molecular formula is C13H19NO3. The van der Waals surface area contributed by atoms with Gasteiger partial charge in [0.25, 0.3) is 0 Å². The van der Waals surface area contributed by atoms with Gasteiger partial charge in [0.05, 0.1) is 24.0 Å². The van der Waals surface area contributed by atoms with Gasteiger partial charge >= 0.3 is 0 Å². The van der Waals surface area contributed by atoms with E-state index in [1.165, 1.54) is 4.90 Å². The van der Waals surface area contributed by atoms with Crippen LogP contribution in [0.4, 0.5) is 0 Å². The van der Waals surface area contributed by atoms with Crippen molar-refractivity contribution >= 4 is 11.8 Å². The number of fused-ring (bicyclic) bond motifs is 1. The SMILES string of the molecule is CC1CCCC(O)(CN2C(=O)C3CC3C2=O)C1. The maximum Gasteiger partial charge on any atom is 0.233 e. The van der Waals surface area contributed by atoms with Gasteiger partial charge in [0.1, 0.15) is 0 Å². The second kappa shape index (κ2) is 3.55. The maximum absolute atomic E-state index is 11.8. The van der Waals surface area contributed by atoms with Gasteiger partial charge in [0.15, 0.2) is 0 Å². The van der Waals surface area contributed by atoms with Crippen LogP contribution in [0.5, 0.6) is 0 Å². The molecule has 1 N–H and O–H groups in total. The average molecular weight is 237 g/mol. The van der Waals surface area contributed by atoms with E-state index in [9.17, 15) is 14.7 Å². The van der Waals surface area contributed by atoms with Crippen molar-refractivity contribution in [1.82, 2.24) is 4.90 Å². The Hall–Kier alpha value is -0.900. The van der Waals surface area contributed by atoms with Gasteiger partial charge in [-0.2, -0.15) is 0 Å². The number of carbonyl (C=O) groups is 2. The zero-order valence-corrected chi connectivity index (χ0v) is 10.2. The maximum atomic E-state index is 11.8. The van der Waals surface area contributed by atoms with Crippen LogP contribution in [-0.4, -0.2) is 34.0 Å². The van der Waals surface area contributed by atoms with Gasteiger partial charge in [-0.25, -0.2) is 0 Å². The minimum Gasteiger partial charge on any atom is -0.388 e. The van der Waals surface area contributed by atoms with Crippen LogP contribution in [0.15, 0.2) is 0 Å². The van der Waals surface area contributed by atoms with Crippen molar-refractivity contribution in [3.63, 3.8) is 0 Å². The number of amides is 2. The smallest absolute Gasteiger partial charge is 0.233 e. The Balaban J connectivity index is 1.70. The number of hydrogen-bond acceptors (Lipinski definition) is 3. The monoisotopic (exact) mass is 237 g/mol. The molecule has 0 radical (unpaired) electrons. The Labute approximate surface area is 101 Å². The predicted octanol–water partition coefficient (Wildman–Crippen LogP) is 0.932. The molecule has 0 bridgehead atoms. The average Bonchev–Trinajstić information content (AvgIpc) is 2.99. The van der Waals surface area contributed by atoms with E-state index in [-0.39, 0.29) is 30.2 Å². The molecule has 17 heavy (non-hydrogen) atoms. The summed E-state index contributed by atoms with van der Waals surface area (Å²) < 4.78 is 0. The summed E-state index contributed by atoms with van der Waals surface area (Å²) in [6.07, 6.45) is 4.28. The van der Waals surface area contributed by atoms with E-state index in [4.69, 9.17) is 0 Å². The summed E-state index contributed by atoms with van der Waals surface area (Å²) >= 11 is 0. The van der Waals surface area contributed by atoms with Crippen molar-refractivity contribution in [1.29, 1.82) is 0 Å². The van der Waals surface area contributed by atoms with Crippen LogP contribution in [0.25, 0.3) is 0 Å². The largest absolute Gasteiger partial charge is 0.388 e. The van der Waals surface area contributed by atoms with Crippen molar-refractivity contribution in [3.05, 3.63) is 0 Å². The number of β-amino-alcohol motifs (C(OH)–C–C–N with tert-alkyl or cyclic N) is 1. The summed E-state index contributed by atoms with van der Waals surface area (Å²) in [7, 11) is 0. The summed E-state index contributed by atoms with van der Waals surface area (Å²) in [5, 5.41) is 10.5. The Morgan fingerprint density at radius 2 is 2.00 bits per heavy atom. The van der Waals surface area contributed by atoms with E-state index >= 15 is 0 Å². The summed E-state index contributed by atoms with van der Waals surface area (Å²) in [5.41, 5.74) is -0.834. The van der Waals surface area contributed by atoms with E-state index < -0.39 is 5.60 Å². The predicted molar refractivity (Wildman–Crippen MR) is 60.9 cm³/mol. The molecule has 0 spiro atoms. The molecule has 4 atom stereocenters. The topological polar surface area (TPSA) is 57.6 Å². The highest BCUT2D eigenvalue weighted by molar-refractivity contribution is 6.08. The van der Waals surface area contributed by atoms with E-state index in [0.29, 0.717) is 18.8 Å². The fourth-order valence-electron chi connectivity index (χ4n) is 3.48. The van der Waals surface area contributed by atoms with Gasteiger partial charge in [0.2, 0.25) is 11.8 Å². The first-order valence-electron chi connectivity index (χ1n) is 6.58. The highest BCUT2D eigenvalue weighted by Gasteiger charge is 2.59. The third-order valence-corrected chi connectivity index (χ3v) is 4.48. The standard InChI is InChI=1S/C13H19NO3/c1-8-3-2-4-13(17,6-8)7-14-11(15)9-5-10(9)12(14)16/h8-10,17H,2-7H2,1H3. The zero-order chi connectivity index (χ0) is 12.2. The fraction of sp³-hybridized carbons (Fsp3) is 0.846. The summed E-state index contributed by atoms with van der Waals surface area (Å²) in [4.78, 5) is 25.0. The van der Waals surface area contributed by atoms with Gasteiger partial charge in [-0.1, -0.05) is 19.8 Å². The van der Waals surface area contributed by atoms with E-state index in [1.807, 2.05) is 0 Å². The molecule has 2 aliphatic carbocycles. The minimum atomic E-state index is -0.834. The number of hydrogen-bond donors (Lipinski definition) is 1. The number of imide groups is 1. The zero-order valence-electron chi connectivity index (χ0n) is 10.2. The third-order valence-electron chi connectivity index (χ3n) is 4.48. The first-order valence-corrected chi connectivity index (χ1v) is 6.58. The lowest BCUT2D eigenvalue weighted by atomic mass is 9.78. The first-order chi connectivity index (χ1) is 8.00. The number of nitrogens with zero attached hydrogens (tertiary/aromatic N) is 1. The summed E-state index contributed by atoms with van der Waals surface area (Å²) in [6, 6.07) is 0. The Kier molecular flexibility index (Phi) is 2.34. The number of piperidine rings is 1. The van der Waals surface area contributed by atoms with Crippen molar-refractivity contribution in [2.24, 2.45) is 17.8 Å². The number of likely N-dealkylation sites (tertiary alicyclic amines) is 1. The molecule has 4 unspecified atom stereocenters. The van der Waals surface area contributed by atoms with Crippen LogP contribution in [0, 0.1) is 17.8 Å². The molecule has 3 rings (SSSR count). The molecule has 1 heterocycles. The van der Waals surface area contributed by atoms with Gasteiger partial charge < -0.3 is 5.11 Å². The highest BCUT2D eigenvalue weighted by atomic mass is 16.3. The highest BCUT2D eigenvalue weighted by Crippen LogP contribution is 2.48. The molecule has 94 valence electrons. The molecule has 4 nitrogen and oxygen atoms in total. The van der Waals surface area contributed by atoms with Gasteiger partial charge in [0, 0.05) is 0 Å². The van der Waals surface area contributed by atoms with E-state index in [1.54, 1.807) is 0 Å². The molecule has 0 aromatic rings. The van der Waals surface area contributed by atoms with Gasteiger partial charge in [-0.15, -0.1) is 0 Å². The number of aliphatic hydroxyl groups is 1. The first kappa shape index (κ1) is 11.2. The van der Waals surface area contributed by atoms with Crippen molar-refractivity contribution in [2.45, 2.75) is 44.6 Å². The Morgan fingerprint density at radius 1 is 1.35 bits per heavy atom. The Bertz CT molecular complexity index is 361. The van der Waals surface area contributed by atoms with Crippen molar-refractivity contribution in [3.8, 4) is 0 Å². The number of carbonyl (C=O) groups excluding carboxylic acids is 2. The molecule has 3 aliphatic rings. The molecule has 1 aliphatic heterocycles. The third kappa shape index (κ3) is 1.79. The van der Waals surface area contributed by atoms with Crippen LogP contribution in [0.3, 0.4) is 0 Å². The summed E-state index contributed by atoms with van der Waals surface area (Å²) in [6.45, 7) is 2.34.